The van der Waals surface area contributed by atoms with Crippen molar-refractivity contribution < 1.29 is 8.42 Å². The summed E-state index contributed by atoms with van der Waals surface area (Å²) in [5.74, 6) is 0.525. The second-order valence-corrected chi connectivity index (χ2v) is 7.89. The van der Waals surface area contributed by atoms with Crippen LogP contribution in [0.5, 0.6) is 0 Å². The van der Waals surface area contributed by atoms with Gasteiger partial charge >= 0.3 is 0 Å². The van der Waals surface area contributed by atoms with E-state index in [2.05, 4.69) is 15.9 Å². The van der Waals surface area contributed by atoms with E-state index in [9.17, 15) is 8.42 Å². The van der Waals surface area contributed by atoms with Crippen LogP contribution < -0.4 is 0 Å². The van der Waals surface area contributed by atoms with Gasteiger partial charge in [0.05, 0.1) is 4.90 Å². The first-order valence-electron chi connectivity index (χ1n) is 6.08. The van der Waals surface area contributed by atoms with Crippen LogP contribution in [0.3, 0.4) is 0 Å². The van der Waals surface area contributed by atoms with E-state index in [1.165, 1.54) is 4.31 Å². The number of nitrogens with zero attached hydrogens (tertiary/aromatic N) is 1. The molecule has 1 saturated carbocycles. The van der Waals surface area contributed by atoms with Crippen molar-refractivity contribution in [3.8, 4) is 0 Å². The SMILES string of the molecule is Cc1ccc(Br)cc1S(=O)(=O)N(C)C(C)C1CC1. The molecule has 1 aliphatic carbocycles. The average Bonchev–Trinajstić information content (AvgIpc) is 3.14. The summed E-state index contributed by atoms with van der Waals surface area (Å²) in [6.07, 6.45) is 2.27. The van der Waals surface area contributed by atoms with Crippen LogP contribution >= 0.6 is 15.9 Å². The summed E-state index contributed by atoms with van der Waals surface area (Å²) in [6.45, 7) is 3.82. The average molecular weight is 332 g/mol. The lowest BCUT2D eigenvalue weighted by Crippen LogP contribution is -2.36. The van der Waals surface area contributed by atoms with E-state index in [1.807, 2.05) is 26.0 Å². The zero-order chi connectivity index (χ0) is 13.5. The lowest BCUT2D eigenvalue weighted by Gasteiger charge is -2.25. The Labute approximate surface area is 117 Å². The maximum Gasteiger partial charge on any atom is 0.243 e. The highest BCUT2D eigenvalue weighted by molar-refractivity contribution is 9.10. The van der Waals surface area contributed by atoms with Crippen molar-refractivity contribution in [3.63, 3.8) is 0 Å². The fraction of sp³-hybridized carbons (Fsp3) is 0.538. The molecule has 0 radical (unpaired) electrons. The molecule has 0 heterocycles. The Morgan fingerprint density at radius 2 is 2.00 bits per heavy atom. The molecule has 100 valence electrons. The summed E-state index contributed by atoms with van der Waals surface area (Å²) in [5, 5.41) is 0. The van der Waals surface area contributed by atoms with Gasteiger partial charge in [0.15, 0.2) is 0 Å². The highest BCUT2D eigenvalue weighted by Gasteiger charge is 2.36. The largest absolute Gasteiger partial charge is 0.243 e. The fourth-order valence-electron chi connectivity index (χ4n) is 2.10. The maximum absolute atomic E-state index is 12.6. The lowest BCUT2D eigenvalue weighted by molar-refractivity contribution is 0.357. The summed E-state index contributed by atoms with van der Waals surface area (Å²) in [5.41, 5.74) is 0.785. The molecule has 1 fully saturated rings. The van der Waals surface area contributed by atoms with Gasteiger partial charge in [0, 0.05) is 17.6 Å². The molecule has 3 nitrogen and oxygen atoms in total. The third kappa shape index (κ3) is 2.63. The molecular formula is C13H18BrNO2S. The van der Waals surface area contributed by atoms with Crippen molar-refractivity contribution in [1.82, 2.24) is 4.31 Å². The smallest absolute Gasteiger partial charge is 0.207 e. The van der Waals surface area contributed by atoms with Crippen LogP contribution in [0.15, 0.2) is 27.6 Å². The van der Waals surface area contributed by atoms with Gasteiger partial charge in [-0.3, -0.25) is 0 Å². The first-order valence-corrected chi connectivity index (χ1v) is 8.31. The second kappa shape index (κ2) is 4.94. The van der Waals surface area contributed by atoms with E-state index in [-0.39, 0.29) is 6.04 Å². The molecule has 0 saturated heterocycles. The van der Waals surface area contributed by atoms with Gasteiger partial charge in [-0.1, -0.05) is 22.0 Å². The third-order valence-corrected chi connectivity index (χ3v) is 6.26. The van der Waals surface area contributed by atoms with Crippen molar-refractivity contribution in [2.75, 3.05) is 7.05 Å². The molecule has 1 atom stereocenters. The number of sulfonamides is 1. The van der Waals surface area contributed by atoms with Crippen molar-refractivity contribution in [2.24, 2.45) is 5.92 Å². The number of hydrogen-bond acceptors (Lipinski definition) is 2. The number of hydrogen-bond donors (Lipinski definition) is 0. The highest BCUT2D eigenvalue weighted by Crippen LogP contribution is 2.36. The number of aryl methyl sites for hydroxylation is 1. The maximum atomic E-state index is 12.6. The predicted molar refractivity (Wildman–Crippen MR) is 76.0 cm³/mol. The topological polar surface area (TPSA) is 37.4 Å². The van der Waals surface area contributed by atoms with Gasteiger partial charge in [0.25, 0.3) is 0 Å². The van der Waals surface area contributed by atoms with Crippen molar-refractivity contribution >= 4 is 26.0 Å². The standard InChI is InChI=1S/C13H18BrNO2S/c1-9-4-7-12(14)8-13(9)18(16,17)15(3)10(2)11-5-6-11/h4,7-8,10-11H,5-6H2,1-3H3. The van der Waals surface area contributed by atoms with Crippen LogP contribution in [0, 0.1) is 12.8 Å². The van der Waals surface area contributed by atoms with Crippen LogP contribution in [0.1, 0.15) is 25.3 Å². The van der Waals surface area contributed by atoms with E-state index in [1.54, 1.807) is 13.1 Å². The molecule has 0 aliphatic heterocycles. The minimum Gasteiger partial charge on any atom is -0.207 e. The number of rotatable bonds is 4. The van der Waals surface area contributed by atoms with Crippen molar-refractivity contribution in [3.05, 3.63) is 28.2 Å². The zero-order valence-electron chi connectivity index (χ0n) is 10.9. The summed E-state index contributed by atoms with van der Waals surface area (Å²) in [6, 6.07) is 5.44. The van der Waals surface area contributed by atoms with Gasteiger partial charge in [-0.2, -0.15) is 4.31 Å². The van der Waals surface area contributed by atoms with E-state index in [0.717, 1.165) is 22.9 Å². The Morgan fingerprint density at radius 1 is 1.39 bits per heavy atom. The highest BCUT2D eigenvalue weighted by atomic mass is 79.9. The molecule has 0 aromatic heterocycles. The molecule has 0 spiro atoms. The zero-order valence-corrected chi connectivity index (χ0v) is 13.3. The van der Waals surface area contributed by atoms with Crippen LogP contribution in [0.4, 0.5) is 0 Å². The Bertz CT molecular complexity index is 552. The minimum atomic E-state index is -3.39. The predicted octanol–water partition coefficient (Wildman–Crippen LogP) is 3.18. The van der Waals surface area contributed by atoms with E-state index >= 15 is 0 Å². The number of halogens is 1. The van der Waals surface area contributed by atoms with Crippen LogP contribution in [0.2, 0.25) is 0 Å². The Morgan fingerprint density at radius 3 is 2.56 bits per heavy atom. The molecule has 1 aromatic rings. The summed E-state index contributed by atoms with van der Waals surface area (Å²) in [7, 11) is -1.71. The lowest BCUT2D eigenvalue weighted by atomic mass is 10.2. The molecule has 5 heteroatoms. The Hall–Kier alpha value is -0.390. The van der Waals surface area contributed by atoms with Crippen LogP contribution in [0.25, 0.3) is 0 Å². The van der Waals surface area contributed by atoms with Gasteiger partial charge in [-0.25, -0.2) is 8.42 Å². The first kappa shape index (κ1) is 14.0. The quantitative estimate of drug-likeness (QED) is 0.849. The van der Waals surface area contributed by atoms with Gasteiger partial charge < -0.3 is 0 Å². The number of benzene rings is 1. The molecule has 1 aliphatic rings. The molecule has 0 amide bonds. The molecule has 0 N–H and O–H groups in total. The van der Waals surface area contributed by atoms with Crippen LogP contribution in [-0.4, -0.2) is 25.8 Å². The van der Waals surface area contributed by atoms with E-state index in [4.69, 9.17) is 0 Å². The molecule has 0 bridgehead atoms. The molecule has 18 heavy (non-hydrogen) atoms. The van der Waals surface area contributed by atoms with Crippen molar-refractivity contribution in [1.29, 1.82) is 0 Å². The van der Waals surface area contributed by atoms with Gasteiger partial charge in [0.2, 0.25) is 10.0 Å². The molecule has 2 rings (SSSR count). The van der Waals surface area contributed by atoms with Gasteiger partial charge in [0.1, 0.15) is 0 Å². The molecule has 1 unspecified atom stereocenters. The molecule has 1 aromatic carbocycles. The monoisotopic (exact) mass is 331 g/mol. The second-order valence-electron chi connectivity index (χ2n) is 5.01. The Balaban J connectivity index is 2.37. The van der Waals surface area contributed by atoms with Crippen LogP contribution in [-0.2, 0) is 10.0 Å². The first-order chi connectivity index (χ1) is 8.34. The summed E-state index contributed by atoms with van der Waals surface area (Å²) in [4.78, 5) is 0.395. The Kier molecular flexibility index (Phi) is 3.85. The third-order valence-electron chi connectivity index (χ3n) is 3.68. The van der Waals surface area contributed by atoms with Gasteiger partial charge in [-0.05, 0) is 50.3 Å². The summed E-state index contributed by atoms with van der Waals surface area (Å²) < 4.78 is 27.5. The van der Waals surface area contributed by atoms with E-state index < -0.39 is 10.0 Å². The normalized spacial score (nSPS) is 18.1. The van der Waals surface area contributed by atoms with E-state index in [0.29, 0.717) is 10.8 Å². The molecular weight excluding hydrogens is 314 g/mol. The minimum absolute atomic E-state index is 0.0772. The summed E-state index contributed by atoms with van der Waals surface area (Å²) >= 11 is 3.33. The fourth-order valence-corrected chi connectivity index (χ4v) is 4.28. The van der Waals surface area contributed by atoms with Gasteiger partial charge in [-0.15, -0.1) is 0 Å². The van der Waals surface area contributed by atoms with Crippen molar-refractivity contribution in [2.45, 2.75) is 37.6 Å².